The van der Waals surface area contributed by atoms with Gasteiger partial charge in [0.2, 0.25) is 11.8 Å². The Morgan fingerprint density at radius 2 is 1.84 bits per heavy atom. The maximum atomic E-state index is 12.2. The molecule has 0 bridgehead atoms. The van der Waals surface area contributed by atoms with Crippen molar-refractivity contribution in [3.63, 3.8) is 0 Å². The molecule has 2 rings (SSSR count). The fraction of sp³-hybridized carbons (Fsp3) is 0.429. The van der Waals surface area contributed by atoms with Crippen molar-refractivity contribution in [2.24, 2.45) is 0 Å². The van der Waals surface area contributed by atoms with E-state index in [-0.39, 0.29) is 18.4 Å². The molecule has 0 saturated heterocycles. The van der Waals surface area contributed by atoms with Crippen LogP contribution in [-0.4, -0.2) is 24.9 Å². The summed E-state index contributed by atoms with van der Waals surface area (Å²) in [4.78, 5) is 23.5. The fourth-order valence-electron chi connectivity index (χ4n) is 2.16. The van der Waals surface area contributed by atoms with Gasteiger partial charge < -0.3 is 16.4 Å². The zero-order valence-electron chi connectivity index (χ0n) is 11.0. The van der Waals surface area contributed by atoms with Gasteiger partial charge in [-0.05, 0) is 37.5 Å². The van der Waals surface area contributed by atoms with Gasteiger partial charge in [-0.25, -0.2) is 0 Å². The van der Waals surface area contributed by atoms with E-state index in [9.17, 15) is 9.59 Å². The first-order chi connectivity index (χ1) is 9.08. The quantitative estimate of drug-likeness (QED) is 0.677. The van der Waals surface area contributed by atoms with Gasteiger partial charge in [-0.2, -0.15) is 0 Å². The van der Waals surface area contributed by atoms with Crippen LogP contribution >= 0.6 is 0 Å². The highest BCUT2D eigenvalue weighted by atomic mass is 16.2. The number of anilines is 1. The van der Waals surface area contributed by atoms with E-state index in [1.165, 1.54) is 0 Å². The molecule has 1 aliphatic rings. The van der Waals surface area contributed by atoms with Crippen LogP contribution in [0.5, 0.6) is 0 Å². The Balaban J connectivity index is 1.98. The monoisotopic (exact) mass is 261 g/mol. The van der Waals surface area contributed by atoms with Crippen molar-refractivity contribution >= 4 is 17.5 Å². The van der Waals surface area contributed by atoms with Crippen LogP contribution in [-0.2, 0) is 15.0 Å². The number of carbonyl (C=O) groups is 2. The van der Waals surface area contributed by atoms with Crippen LogP contribution in [0.25, 0.3) is 0 Å². The third-order valence-electron chi connectivity index (χ3n) is 3.43. The Kier molecular flexibility index (Phi) is 3.74. The van der Waals surface area contributed by atoms with Gasteiger partial charge in [-0.1, -0.05) is 12.1 Å². The molecule has 2 amide bonds. The summed E-state index contributed by atoms with van der Waals surface area (Å²) in [7, 11) is 0. The number of nitrogens with two attached hydrogens (primary N) is 1. The summed E-state index contributed by atoms with van der Waals surface area (Å²) in [5.74, 6) is -0.243. The number of likely N-dealkylation sites (N-methyl/N-ethyl adjacent to an activating group) is 1. The van der Waals surface area contributed by atoms with Crippen LogP contribution in [0.4, 0.5) is 5.69 Å². The molecule has 0 unspecified atom stereocenters. The first-order valence-corrected chi connectivity index (χ1v) is 6.49. The summed E-state index contributed by atoms with van der Waals surface area (Å²) in [6.45, 7) is 2.44. The van der Waals surface area contributed by atoms with E-state index in [1.807, 2.05) is 19.1 Å². The average Bonchev–Trinajstić information content (AvgIpc) is 3.19. The number of rotatable bonds is 5. The van der Waals surface area contributed by atoms with Gasteiger partial charge in [0.1, 0.15) is 0 Å². The molecule has 1 aromatic carbocycles. The molecule has 4 N–H and O–H groups in total. The Labute approximate surface area is 112 Å². The summed E-state index contributed by atoms with van der Waals surface area (Å²) in [5, 5.41) is 5.35. The Bertz CT molecular complexity index is 478. The molecule has 5 heteroatoms. The van der Waals surface area contributed by atoms with Crippen molar-refractivity contribution in [3.8, 4) is 0 Å². The predicted molar refractivity (Wildman–Crippen MR) is 73.5 cm³/mol. The average molecular weight is 261 g/mol. The van der Waals surface area contributed by atoms with Gasteiger partial charge in [0.05, 0.1) is 12.0 Å². The lowest BCUT2D eigenvalue weighted by molar-refractivity contribution is -0.127. The summed E-state index contributed by atoms with van der Waals surface area (Å²) in [6.07, 6.45) is 1.64. The highest BCUT2D eigenvalue weighted by Gasteiger charge is 2.51. The number of benzene rings is 1. The van der Waals surface area contributed by atoms with Crippen molar-refractivity contribution in [2.45, 2.75) is 25.2 Å². The van der Waals surface area contributed by atoms with Crippen molar-refractivity contribution in [1.82, 2.24) is 10.6 Å². The largest absolute Gasteiger partial charge is 0.399 e. The van der Waals surface area contributed by atoms with E-state index in [1.54, 1.807) is 12.1 Å². The summed E-state index contributed by atoms with van der Waals surface area (Å²) in [5.41, 5.74) is 6.84. The molecular weight excluding hydrogens is 242 g/mol. The maximum Gasteiger partial charge on any atom is 0.239 e. The second-order valence-electron chi connectivity index (χ2n) is 4.84. The molecule has 0 radical (unpaired) electrons. The van der Waals surface area contributed by atoms with Gasteiger partial charge in [0, 0.05) is 12.2 Å². The highest BCUT2D eigenvalue weighted by Crippen LogP contribution is 2.48. The smallest absolute Gasteiger partial charge is 0.239 e. The number of hydrogen-bond acceptors (Lipinski definition) is 3. The van der Waals surface area contributed by atoms with Gasteiger partial charge in [-0.15, -0.1) is 0 Å². The van der Waals surface area contributed by atoms with Crippen molar-refractivity contribution < 1.29 is 9.59 Å². The normalized spacial score (nSPS) is 15.6. The molecule has 0 aromatic heterocycles. The molecule has 1 aromatic rings. The minimum Gasteiger partial charge on any atom is -0.399 e. The number of carbonyl (C=O) groups excluding carboxylic acids is 2. The van der Waals surface area contributed by atoms with Crippen molar-refractivity contribution in [2.75, 3.05) is 18.8 Å². The van der Waals surface area contributed by atoms with Crippen molar-refractivity contribution in [3.05, 3.63) is 29.8 Å². The van der Waals surface area contributed by atoms with Crippen LogP contribution in [0.1, 0.15) is 25.3 Å². The van der Waals surface area contributed by atoms with Crippen LogP contribution in [0.2, 0.25) is 0 Å². The van der Waals surface area contributed by atoms with Gasteiger partial charge in [-0.3, -0.25) is 9.59 Å². The topological polar surface area (TPSA) is 84.2 Å². The summed E-state index contributed by atoms with van der Waals surface area (Å²) >= 11 is 0. The van der Waals surface area contributed by atoms with Crippen LogP contribution < -0.4 is 16.4 Å². The Hall–Kier alpha value is -2.04. The molecule has 0 aliphatic heterocycles. The third-order valence-corrected chi connectivity index (χ3v) is 3.43. The van der Waals surface area contributed by atoms with E-state index in [4.69, 9.17) is 5.73 Å². The van der Waals surface area contributed by atoms with E-state index in [0.717, 1.165) is 18.4 Å². The molecule has 102 valence electrons. The molecule has 0 atom stereocenters. The molecule has 1 fully saturated rings. The number of hydrogen-bond donors (Lipinski definition) is 3. The van der Waals surface area contributed by atoms with E-state index < -0.39 is 5.41 Å². The number of amides is 2. The molecule has 1 aliphatic carbocycles. The molecule has 1 saturated carbocycles. The summed E-state index contributed by atoms with van der Waals surface area (Å²) in [6, 6.07) is 7.36. The Morgan fingerprint density at radius 3 is 2.37 bits per heavy atom. The molecular formula is C14H19N3O2. The molecule has 19 heavy (non-hydrogen) atoms. The highest BCUT2D eigenvalue weighted by molar-refractivity contribution is 5.94. The van der Waals surface area contributed by atoms with E-state index >= 15 is 0 Å². The first-order valence-electron chi connectivity index (χ1n) is 6.49. The maximum absolute atomic E-state index is 12.2. The molecule has 0 spiro atoms. The standard InChI is InChI=1S/C14H19N3O2/c1-2-16-12(18)9-17-13(19)14(7-8-14)10-3-5-11(15)6-4-10/h3-6H,2,7-9,15H2,1H3,(H,16,18)(H,17,19). The zero-order valence-corrected chi connectivity index (χ0v) is 11.0. The van der Waals surface area contributed by atoms with Crippen LogP contribution in [0, 0.1) is 0 Å². The second-order valence-corrected chi connectivity index (χ2v) is 4.84. The van der Waals surface area contributed by atoms with Gasteiger partial charge in [0.25, 0.3) is 0 Å². The van der Waals surface area contributed by atoms with Crippen molar-refractivity contribution in [1.29, 1.82) is 0 Å². The van der Waals surface area contributed by atoms with E-state index in [0.29, 0.717) is 12.2 Å². The number of nitrogen functional groups attached to an aromatic ring is 1. The lowest BCUT2D eigenvalue weighted by Gasteiger charge is -2.15. The van der Waals surface area contributed by atoms with Gasteiger partial charge >= 0.3 is 0 Å². The molecule has 5 nitrogen and oxygen atoms in total. The predicted octanol–water partition coefficient (Wildman–Crippen LogP) is 0.553. The third kappa shape index (κ3) is 2.86. The van der Waals surface area contributed by atoms with Crippen LogP contribution in [0.3, 0.4) is 0 Å². The zero-order chi connectivity index (χ0) is 13.9. The lowest BCUT2D eigenvalue weighted by atomic mass is 9.95. The fourth-order valence-corrected chi connectivity index (χ4v) is 2.16. The minimum atomic E-state index is -0.458. The minimum absolute atomic E-state index is 0.0311. The lowest BCUT2D eigenvalue weighted by Crippen LogP contribution is -2.41. The second kappa shape index (κ2) is 5.30. The van der Waals surface area contributed by atoms with E-state index in [2.05, 4.69) is 10.6 Å². The summed E-state index contributed by atoms with van der Waals surface area (Å²) < 4.78 is 0. The SMILES string of the molecule is CCNC(=O)CNC(=O)C1(c2ccc(N)cc2)CC1. The molecule has 0 heterocycles. The number of nitrogens with one attached hydrogen (secondary N) is 2. The van der Waals surface area contributed by atoms with Crippen LogP contribution in [0.15, 0.2) is 24.3 Å². The Morgan fingerprint density at radius 1 is 1.21 bits per heavy atom. The first kappa shape index (κ1) is 13.4. The van der Waals surface area contributed by atoms with Gasteiger partial charge in [0.15, 0.2) is 0 Å².